The Morgan fingerprint density at radius 2 is 2.00 bits per heavy atom. The van der Waals surface area contributed by atoms with Crippen LogP contribution in [0.25, 0.3) is 0 Å². The molecule has 1 N–H and O–H groups in total. The summed E-state index contributed by atoms with van der Waals surface area (Å²) in [7, 11) is 0. The molecule has 1 saturated carbocycles. The molecule has 0 heterocycles. The van der Waals surface area contributed by atoms with E-state index in [2.05, 4.69) is 0 Å². The summed E-state index contributed by atoms with van der Waals surface area (Å²) < 4.78 is 27.8. The van der Waals surface area contributed by atoms with Crippen molar-refractivity contribution >= 4 is 5.97 Å². The molecule has 1 aromatic rings. The van der Waals surface area contributed by atoms with E-state index in [0.29, 0.717) is 12.8 Å². The molecule has 1 aliphatic carbocycles. The molecule has 0 amide bonds. The van der Waals surface area contributed by atoms with E-state index >= 15 is 0 Å². The SMILES string of the molecule is CC(C)(F)c1c(F)cccc1C1(C(=O)O)CC1. The predicted molar refractivity (Wildman–Crippen MR) is 59.1 cm³/mol. The van der Waals surface area contributed by atoms with Crippen LogP contribution in [0.4, 0.5) is 8.78 Å². The van der Waals surface area contributed by atoms with Crippen LogP contribution in [0, 0.1) is 5.82 Å². The Morgan fingerprint density at radius 3 is 2.41 bits per heavy atom. The second-order valence-electron chi connectivity index (χ2n) is 5.02. The smallest absolute Gasteiger partial charge is 0.314 e. The lowest BCUT2D eigenvalue weighted by molar-refractivity contribution is -0.140. The van der Waals surface area contributed by atoms with Crippen LogP contribution in [-0.2, 0) is 15.9 Å². The maximum absolute atomic E-state index is 14.0. The zero-order valence-electron chi connectivity index (χ0n) is 9.76. The first-order valence-electron chi connectivity index (χ1n) is 5.51. The van der Waals surface area contributed by atoms with Gasteiger partial charge in [-0.2, -0.15) is 0 Å². The van der Waals surface area contributed by atoms with Crippen molar-refractivity contribution < 1.29 is 18.7 Å². The second-order valence-corrected chi connectivity index (χ2v) is 5.02. The van der Waals surface area contributed by atoms with Crippen molar-refractivity contribution in [3.05, 3.63) is 35.1 Å². The lowest BCUT2D eigenvalue weighted by Crippen LogP contribution is -2.26. The largest absolute Gasteiger partial charge is 0.481 e. The first-order chi connectivity index (χ1) is 7.79. The fourth-order valence-corrected chi connectivity index (χ4v) is 2.25. The quantitative estimate of drug-likeness (QED) is 0.881. The van der Waals surface area contributed by atoms with E-state index in [1.165, 1.54) is 26.0 Å². The lowest BCUT2D eigenvalue weighted by atomic mass is 9.85. The van der Waals surface area contributed by atoms with Gasteiger partial charge in [-0.25, -0.2) is 8.78 Å². The molecule has 17 heavy (non-hydrogen) atoms. The van der Waals surface area contributed by atoms with Gasteiger partial charge < -0.3 is 5.11 Å². The van der Waals surface area contributed by atoms with E-state index in [-0.39, 0.29) is 11.1 Å². The molecule has 0 bridgehead atoms. The molecule has 0 unspecified atom stereocenters. The molecule has 0 aliphatic heterocycles. The number of hydrogen-bond acceptors (Lipinski definition) is 1. The summed E-state index contributed by atoms with van der Waals surface area (Å²) in [6.07, 6.45) is 0.879. The first kappa shape index (κ1) is 12.0. The van der Waals surface area contributed by atoms with Crippen LogP contribution >= 0.6 is 0 Å². The number of alkyl halides is 1. The Hall–Kier alpha value is -1.45. The minimum atomic E-state index is -1.88. The van der Waals surface area contributed by atoms with E-state index in [9.17, 15) is 18.7 Å². The number of benzene rings is 1. The Balaban J connectivity index is 2.64. The van der Waals surface area contributed by atoms with Crippen molar-refractivity contribution in [3.8, 4) is 0 Å². The third-order valence-corrected chi connectivity index (χ3v) is 3.28. The lowest BCUT2D eigenvalue weighted by Gasteiger charge is -2.23. The van der Waals surface area contributed by atoms with Crippen molar-refractivity contribution in [1.29, 1.82) is 0 Å². The van der Waals surface area contributed by atoms with Gasteiger partial charge in [-0.1, -0.05) is 12.1 Å². The number of rotatable bonds is 3. The van der Waals surface area contributed by atoms with E-state index in [0.717, 1.165) is 6.07 Å². The molecule has 0 saturated heterocycles. The second kappa shape index (κ2) is 3.52. The van der Waals surface area contributed by atoms with Crippen molar-refractivity contribution in [1.82, 2.24) is 0 Å². The van der Waals surface area contributed by atoms with Gasteiger partial charge in [0.2, 0.25) is 0 Å². The summed E-state index contributed by atoms with van der Waals surface area (Å²) in [6, 6.07) is 4.11. The first-order valence-corrected chi connectivity index (χ1v) is 5.51. The maximum Gasteiger partial charge on any atom is 0.314 e. The fraction of sp³-hybridized carbons (Fsp3) is 0.462. The molecule has 0 aromatic heterocycles. The van der Waals surface area contributed by atoms with Gasteiger partial charge in [-0.05, 0) is 38.3 Å². The predicted octanol–water partition coefficient (Wildman–Crippen LogP) is 3.15. The van der Waals surface area contributed by atoms with Crippen molar-refractivity contribution in [2.45, 2.75) is 37.8 Å². The van der Waals surface area contributed by atoms with Crippen LogP contribution in [0.1, 0.15) is 37.8 Å². The summed E-state index contributed by atoms with van der Waals surface area (Å²) in [4.78, 5) is 11.2. The highest BCUT2D eigenvalue weighted by Gasteiger charge is 2.54. The van der Waals surface area contributed by atoms with Gasteiger partial charge in [0.1, 0.15) is 11.5 Å². The van der Waals surface area contributed by atoms with Gasteiger partial charge in [-0.15, -0.1) is 0 Å². The molecule has 0 radical (unpaired) electrons. The monoisotopic (exact) mass is 240 g/mol. The molecular weight excluding hydrogens is 226 g/mol. The highest BCUT2D eigenvalue weighted by atomic mass is 19.1. The molecule has 92 valence electrons. The molecule has 1 aliphatic rings. The number of hydrogen-bond donors (Lipinski definition) is 1. The Bertz CT molecular complexity index is 471. The number of carbonyl (C=O) groups is 1. The highest BCUT2D eigenvalue weighted by molar-refractivity contribution is 5.85. The summed E-state index contributed by atoms with van der Waals surface area (Å²) in [6.45, 7) is 2.49. The van der Waals surface area contributed by atoms with Gasteiger partial charge in [0, 0.05) is 5.56 Å². The van der Waals surface area contributed by atoms with Crippen LogP contribution in [0.15, 0.2) is 18.2 Å². The minimum absolute atomic E-state index is 0.125. The molecule has 4 heteroatoms. The van der Waals surface area contributed by atoms with Gasteiger partial charge >= 0.3 is 5.97 Å². The average Bonchev–Trinajstić information content (AvgIpc) is 2.95. The standard InChI is InChI=1S/C13H14F2O2/c1-12(2,15)10-8(4-3-5-9(10)14)13(6-7-13)11(16)17/h3-5H,6-7H2,1-2H3,(H,16,17). The average molecular weight is 240 g/mol. The zero-order chi connectivity index (χ0) is 12.8. The van der Waals surface area contributed by atoms with Crippen LogP contribution in [0.3, 0.4) is 0 Å². The van der Waals surface area contributed by atoms with Gasteiger partial charge in [0.15, 0.2) is 0 Å². The van der Waals surface area contributed by atoms with Gasteiger partial charge in [0.05, 0.1) is 5.41 Å². The van der Waals surface area contributed by atoms with Crippen molar-refractivity contribution in [2.24, 2.45) is 0 Å². The van der Waals surface area contributed by atoms with Crippen LogP contribution in [-0.4, -0.2) is 11.1 Å². The number of carboxylic acid groups (broad SMARTS) is 1. The minimum Gasteiger partial charge on any atom is -0.481 e. The Morgan fingerprint density at radius 1 is 1.41 bits per heavy atom. The molecular formula is C13H14F2O2. The fourth-order valence-electron chi connectivity index (χ4n) is 2.25. The van der Waals surface area contributed by atoms with E-state index in [1.54, 1.807) is 0 Å². The summed E-state index contributed by atoms with van der Waals surface area (Å²) in [5, 5.41) is 9.19. The summed E-state index contributed by atoms with van der Waals surface area (Å²) in [5.41, 5.74) is -2.82. The van der Waals surface area contributed by atoms with Crippen LogP contribution in [0.5, 0.6) is 0 Å². The number of halogens is 2. The Kier molecular flexibility index (Phi) is 2.49. The normalized spacial score (nSPS) is 17.9. The summed E-state index contributed by atoms with van der Waals surface area (Å²) in [5.74, 6) is -1.68. The van der Waals surface area contributed by atoms with Crippen molar-refractivity contribution in [3.63, 3.8) is 0 Å². The van der Waals surface area contributed by atoms with Crippen molar-refractivity contribution in [2.75, 3.05) is 0 Å². The third-order valence-electron chi connectivity index (χ3n) is 3.28. The van der Waals surface area contributed by atoms with Gasteiger partial charge in [-0.3, -0.25) is 4.79 Å². The molecule has 2 rings (SSSR count). The topological polar surface area (TPSA) is 37.3 Å². The molecule has 1 aromatic carbocycles. The third kappa shape index (κ3) is 1.81. The zero-order valence-corrected chi connectivity index (χ0v) is 9.76. The van der Waals surface area contributed by atoms with E-state index < -0.39 is 22.9 Å². The van der Waals surface area contributed by atoms with Crippen LogP contribution in [0.2, 0.25) is 0 Å². The van der Waals surface area contributed by atoms with E-state index in [4.69, 9.17) is 0 Å². The molecule has 0 spiro atoms. The molecule has 0 atom stereocenters. The van der Waals surface area contributed by atoms with Crippen LogP contribution < -0.4 is 0 Å². The maximum atomic E-state index is 14.0. The highest BCUT2D eigenvalue weighted by Crippen LogP contribution is 2.51. The summed E-state index contributed by atoms with van der Waals surface area (Å²) >= 11 is 0. The van der Waals surface area contributed by atoms with E-state index in [1.807, 2.05) is 0 Å². The number of aliphatic carboxylic acids is 1. The molecule has 1 fully saturated rings. The number of carboxylic acids is 1. The Labute approximate surface area is 98.3 Å². The van der Waals surface area contributed by atoms with Gasteiger partial charge in [0.25, 0.3) is 0 Å². The molecule has 2 nitrogen and oxygen atoms in total.